The molecular formula is C16H21F2N5O4. The number of ether oxygens (including phenoxy) is 1. The van der Waals surface area contributed by atoms with E-state index >= 15 is 0 Å². The molecule has 0 aliphatic carbocycles. The molecule has 1 aromatic carbocycles. The van der Waals surface area contributed by atoms with Gasteiger partial charge < -0.3 is 15.1 Å². The number of nitrogens with zero attached hydrogens (tertiary/aromatic N) is 3. The number of amides is 1. The molecule has 1 aromatic rings. The lowest BCUT2D eigenvalue weighted by Crippen LogP contribution is -2.39. The predicted octanol–water partition coefficient (Wildman–Crippen LogP) is 2.68. The second-order valence-electron chi connectivity index (χ2n) is 6.54. The molecule has 0 saturated carbocycles. The predicted molar refractivity (Wildman–Crippen MR) is 95.2 cm³/mol. The van der Waals surface area contributed by atoms with Crippen molar-refractivity contribution in [2.45, 2.75) is 26.4 Å². The molecule has 0 spiro atoms. The molecule has 1 rings (SSSR count). The summed E-state index contributed by atoms with van der Waals surface area (Å²) in [6.45, 7) is 4.73. The van der Waals surface area contributed by atoms with Gasteiger partial charge in [-0.15, -0.1) is 0 Å². The van der Waals surface area contributed by atoms with E-state index in [1.807, 2.05) is 0 Å². The lowest BCUT2D eigenvalue weighted by Gasteiger charge is -2.25. The Bertz CT molecular complexity index is 790. The highest BCUT2D eigenvalue weighted by atomic mass is 19.1. The van der Waals surface area contributed by atoms with E-state index in [4.69, 9.17) is 10.1 Å². The first-order valence-electron chi connectivity index (χ1n) is 7.77. The first-order chi connectivity index (χ1) is 12.4. The maximum atomic E-state index is 14.3. The number of rotatable bonds is 6. The number of carbonyl (C=O) groups excluding carboxylic acids is 1. The molecule has 2 N–H and O–H groups in total. The quantitative estimate of drug-likeness (QED) is 0.443. The SMILES string of the molecule is CN/N=C(/CN(C)C(=O)OC(C)(C)C)C(=N)c1cc(F)cc([N+](=O)[O-])c1F. The summed E-state index contributed by atoms with van der Waals surface area (Å²) in [5, 5.41) is 22.8. The molecule has 0 atom stereocenters. The molecule has 0 aliphatic rings. The Kier molecular flexibility index (Phi) is 6.92. The van der Waals surface area contributed by atoms with Gasteiger partial charge in [0.25, 0.3) is 0 Å². The molecule has 148 valence electrons. The summed E-state index contributed by atoms with van der Waals surface area (Å²) in [4.78, 5) is 22.9. The van der Waals surface area contributed by atoms with Gasteiger partial charge in [-0.3, -0.25) is 15.5 Å². The lowest BCUT2D eigenvalue weighted by molar-refractivity contribution is -0.387. The average molecular weight is 385 g/mol. The van der Waals surface area contributed by atoms with Crippen molar-refractivity contribution in [2.75, 3.05) is 20.6 Å². The molecule has 0 bridgehead atoms. The molecular weight excluding hydrogens is 364 g/mol. The van der Waals surface area contributed by atoms with Gasteiger partial charge in [0.15, 0.2) is 0 Å². The first-order valence-corrected chi connectivity index (χ1v) is 7.77. The number of hydrogen-bond donors (Lipinski definition) is 2. The Balaban J connectivity index is 3.19. The standard InChI is InChI=1S/C16H21F2N5O4/c1-16(2,3)27-15(24)22(5)8-11(21-20-4)14(19)10-6-9(17)7-12(13(10)18)23(25)26/h6-7,19-20H,8H2,1-5H3/b19-14?,21-11-. The maximum absolute atomic E-state index is 14.3. The molecule has 0 saturated heterocycles. The van der Waals surface area contributed by atoms with Crippen LogP contribution in [-0.4, -0.2) is 53.6 Å². The zero-order chi connectivity index (χ0) is 20.9. The number of hydrazone groups is 1. The van der Waals surface area contributed by atoms with Crippen LogP contribution in [-0.2, 0) is 4.74 Å². The van der Waals surface area contributed by atoms with Gasteiger partial charge in [-0.05, 0) is 26.8 Å². The van der Waals surface area contributed by atoms with Crippen molar-refractivity contribution in [1.29, 1.82) is 5.41 Å². The number of nitrogens with one attached hydrogen (secondary N) is 2. The summed E-state index contributed by atoms with van der Waals surface area (Å²) in [5.41, 5.74) is -0.858. The molecule has 1 amide bonds. The fourth-order valence-corrected chi connectivity index (χ4v) is 1.98. The number of carbonyl (C=O) groups is 1. The fourth-order valence-electron chi connectivity index (χ4n) is 1.98. The van der Waals surface area contributed by atoms with E-state index in [1.54, 1.807) is 20.8 Å². The summed E-state index contributed by atoms with van der Waals surface area (Å²) in [5.74, 6) is -2.44. The highest BCUT2D eigenvalue weighted by molar-refractivity contribution is 6.48. The van der Waals surface area contributed by atoms with Crippen molar-refractivity contribution in [3.63, 3.8) is 0 Å². The molecule has 27 heavy (non-hydrogen) atoms. The van der Waals surface area contributed by atoms with Crippen molar-refractivity contribution < 1.29 is 23.2 Å². The topological polar surface area (TPSA) is 121 Å². The minimum absolute atomic E-state index is 0.148. The van der Waals surface area contributed by atoms with Gasteiger partial charge in [0.2, 0.25) is 5.82 Å². The maximum Gasteiger partial charge on any atom is 0.410 e. The molecule has 0 aliphatic heterocycles. The molecule has 0 fully saturated rings. The van der Waals surface area contributed by atoms with Crippen LogP contribution < -0.4 is 5.43 Å². The summed E-state index contributed by atoms with van der Waals surface area (Å²) < 4.78 is 33.2. The number of nitro groups is 1. The first kappa shape index (κ1) is 21.9. The zero-order valence-corrected chi connectivity index (χ0v) is 15.6. The second kappa shape index (κ2) is 8.52. The molecule has 11 heteroatoms. The van der Waals surface area contributed by atoms with E-state index in [-0.39, 0.29) is 12.3 Å². The monoisotopic (exact) mass is 385 g/mol. The summed E-state index contributed by atoms with van der Waals surface area (Å²) >= 11 is 0. The fraction of sp³-hybridized carbons (Fsp3) is 0.438. The van der Waals surface area contributed by atoms with Crippen LogP contribution in [0.5, 0.6) is 0 Å². The highest BCUT2D eigenvalue weighted by Crippen LogP contribution is 2.23. The van der Waals surface area contributed by atoms with E-state index in [0.29, 0.717) is 12.1 Å². The third-order valence-corrected chi connectivity index (χ3v) is 3.11. The van der Waals surface area contributed by atoms with Crippen molar-refractivity contribution in [1.82, 2.24) is 10.3 Å². The van der Waals surface area contributed by atoms with E-state index < -0.39 is 45.2 Å². The molecule has 9 nitrogen and oxygen atoms in total. The third kappa shape index (κ3) is 5.97. The van der Waals surface area contributed by atoms with Crippen LogP contribution in [0, 0.1) is 27.2 Å². The van der Waals surface area contributed by atoms with Gasteiger partial charge in [-0.2, -0.15) is 9.49 Å². The average Bonchev–Trinajstić information content (AvgIpc) is 2.53. The Hall–Kier alpha value is -3.11. The largest absolute Gasteiger partial charge is 0.444 e. The van der Waals surface area contributed by atoms with Crippen molar-refractivity contribution in [3.05, 3.63) is 39.4 Å². The van der Waals surface area contributed by atoms with Gasteiger partial charge in [0.1, 0.15) is 17.1 Å². The molecule has 0 radical (unpaired) electrons. The lowest BCUT2D eigenvalue weighted by atomic mass is 10.0. The van der Waals surface area contributed by atoms with E-state index in [1.165, 1.54) is 14.1 Å². The van der Waals surface area contributed by atoms with Crippen molar-refractivity contribution in [2.24, 2.45) is 5.10 Å². The van der Waals surface area contributed by atoms with Gasteiger partial charge in [-0.1, -0.05) is 0 Å². The van der Waals surface area contributed by atoms with E-state index in [0.717, 1.165) is 4.90 Å². The molecule has 0 aromatic heterocycles. The number of halogens is 2. The molecule has 0 unspecified atom stereocenters. The Morgan fingerprint density at radius 2 is 2.00 bits per heavy atom. The normalized spacial score (nSPS) is 11.7. The van der Waals surface area contributed by atoms with Gasteiger partial charge in [0.05, 0.1) is 23.2 Å². The van der Waals surface area contributed by atoms with Crippen LogP contribution in [0.25, 0.3) is 0 Å². The molecule has 0 heterocycles. The van der Waals surface area contributed by atoms with Crippen LogP contribution in [0.15, 0.2) is 17.2 Å². The Morgan fingerprint density at radius 3 is 2.48 bits per heavy atom. The van der Waals surface area contributed by atoms with Crippen LogP contribution in [0.1, 0.15) is 26.3 Å². The number of hydrogen-bond acceptors (Lipinski definition) is 7. The third-order valence-electron chi connectivity index (χ3n) is 3.11. The van der Waals surface area contributed by atoms with Crippen molar-refractivity contribution >= 4 is 23.2 Å². The summed E-state index contributed by atoms with van der Waals surface area (Å²) in [6, 6.07) is 1.08. The van der Waals surface area contributed by atoms with Crippen molar-refractivity contribution in [3.8, 4) is 0 Å². The van der Waals surface area contributed by atoms with Crippen LogP contribution in [0.2, 0.25) is 0 Å². The van der Waals surface area contributed by atoms with E-state index in [9.17, 15) is 23.7 Å². The number of nitro benzene ring substituents is 1. The van der Waals surface area contributed by atoms with Crippen LogP contribution in [0.3, 0.4) is 0 Å². The second-order valence-corrected chi connectivity index (χ2v) is 6.54. The van der Waals surface area contributed by atoms with Gasteiger partial charge in [-0.25, -0.2) is 9.18 Å². The number of benzene rings is 1. The van der Waals surface area contributed by atoms with Gasteiger partial charge >= 0.3 is 11.8 Å². The smallest absolute Gasteiger partial charge is 0.410 e. The minimum Gasteiger partial charge on any atom is -0.444 e. The Morgan fingerprint density at radius 1 is 1.41 bits per heavy atom. The zero-order valence-electron chi connectivity index (χ0n) is 15.6. The Labute approximate surface area is 154 Å². The van der Waals surface area contributed by atoms with Gasteiger partial charge in [0, 0.05) is 19.7 Å². The summed E-state index contributed by atoms with van der Waals surface area (Å²) in [6.07, 6.45) is -0.718. The minimum atomic E-state index is -1.37. The van der Waals surface area contributed by atoms with Crippen LogP contribution in [0.4, 0.5) is 19.3 Å². The summed E-state index contributed by atoms with van der Waals surface area (Å²) in [7, 11) is 2.78. The van der Waals surface area contributed by atoms with E-state index in [2.05, 4.69) is 10.5 Å². The van der Waals surface area contributed by atoms with Crippen LogP contribution >= 0.6 is 0 Å². The highest BCUT2D eigenvalue weighted by Gasteiger charge is 2.27.